The summed E-state index contributed by atoms with van der Waals surface area (Å²) in [6, 6.07) is 5.13. The number of aromatic nitrogens is 2. The third kappa shape index (κ3) is 4.78. The molecule has 0 aliphatic rings. The predicted molar refractivity (Wildman–Crippen MR) is 92.5 cm³/mol. The molecule has 10 heteroatoms. The van der Waals surface area contributed by atoms with Crippen molar-refractivity contribution in [1.29, 1.82) is 0 Å². The number of primary sulfonamides is 1. The van der Waals surface area contributed by atoms with Gasteiger partial charge < -0.3 is 15.4 Å². The molecule has 1 atom stereocenters. The van der Waals surface area contributed by atoms with Crippen LogP contribution in [0.25, 0.3) is 0 Å². The van der Waals surface area contributed by atoms with Gasteiger partial charge >= 0.3 is 6.03 Å². The Morgan fingerprint density at radius 2 is 2.12 bits per heavy atom. The molecule has 2 aromatic rings. The van der Waals surface area contributed by atoms with Gasteiger partial charge in [-0.15, -0.1) is 0 Å². The molecule has 1 aromatic heterocycles. The lowest BCUT2D eigenvalue weighted by atomic mass is 10.2. The van der Waals surface area contributed by atoms with E-state index in [1.165, 1.54) is 19.2 Å². The number of benzene rings is 1. The first-order valence-electron chi connectivity index (χ1n) is 7.40. The first kappa shape index (κ1) is 18.9. The molecule has 0 aliphatic heterocycles. The highest BCUT2D eigenvalue weighted by atomic mass is 32.2. The SMILES string of the molecule is COC[C@@H](NC(=O)Nc1cc(S(N)(=O)=O)ccc1C)c1ccnn1C. The summed E-state index contributed by atoms with van der Waals surface area (Å²) in [5.74, 6) is 0. The zero-order valence-electron chi connectivity index (χ0n) is 14.2. The number of sulfonamides is 1. The van der Waals surface area contributed by atoms with Crippen LogP contribution in [-0.2, 0) is 21.8 Å². The van der Waals surface area contributed by atoms with Crippen LogP contribution in [0.3, 0.4) is 0 Å². The molecular weight excluding hydrogens is 346 g/mol. The van der Waals surface area contributed by atoms with E-state index in [1.807, 2.05) is 0 Å². The van der Waals surface area contributed by atoms with Crippen molar-refractivity contribution in [3.8, 4) is 0 Å². The van der Waals surface area contributed by atoms with Crippen LogP contribution in [0.15, 0.2) is 35.4 Å². The quantitative estimate of drug-likeness (QED) is 0.698. The van der Waals surface area contributed by atoms with Crippen molar-refractivity contribution in [2.75, 3.05) is 19.0 Å². The van der Waals surface area contributed by atoms with Gasteiger partial charge in [0.25, 0.3) is 0 Å². The Morgan fingerprint density at radius 3 is 2.68 bits per heavy atom. The van der Waals surface area contributed by atoms with Crippen molar-refractivity contribution < 1.29 is 17.9 Å². The van der Waals surface area contributed by atoms with Crippen LogP contribution >= 0.6 is 0 Å². The van der Waals surface area contributed by atoms with Crippen molar-refractivity contribution >= 4 is 21.7 Å². The summed E-state index contributed by atoms with van der Waals surface area (Å²) in [7, 11) is -0.562. The highest BCUT2D eigenvalue weighted by Gasteiger charge is 2.18. The maximum absolute atomic E-state index is 12.3. The van der Waals surface area contributed by atoms with Gasteiger partial charge in [0, 0.05) is 26.0 Å². The van der Waals surface area contributed by atoms with E-state index in [0.29, 0.717) is 11.3 Å². The molecule has 1 aromatic carbocycles. The molecule has 0 saturated carbocycles. The minimum absolute atomic E-state index is 0.0755. The first-order valence-corrected chi connectivity index (χ1v) is 8.95. The molecular formula is C15H21N5O4S. The molecule has 0 bridgehead atoms. The average Bonchev–Trinajstić information content (AvgIpc) is 2.94. The second kappa shape index (κ2) is 7.64. The number of hydrogen-bond acceptors (Lipinski definition) is 5. The standard InChI is InChI=1S/C15H21N5O4S/c1-10-4-5-11(25(16,22)23)8-12(10)18-15(21)19-13(9-24-3)14-6-7-17-20(14)2/h4-8,13H,9H2,1-3H3,(H2,16,22,23)(H2,18,19,21)/t13-/m1/s1. The van der Waals surface area contributed by atoms with E-state index in [0.717, 1.165) is 5.69 Å². The highest BCUT2D eigenvalue weighted by molar-refractivity contribution is 7.89. The van der Waals surface area contributed by atoms with Gasteiger partial charge in [-0.25, -0.2) is 18.4 Å². The molecule has 2 amide bonds. The number of aryl methyl sites for hydroxylation is 2. The Hall–Kier alpha value is -2.43. The van der Waals surface area contributed by atoms with Gasteiger partial charge in [0.15, 0.2) is 0 Å². The van der Waals surface area contributed by atoms with E-state index in [-0.39, 0.29) is 11.5 Å². The Kier molecular flexibility index (Phi) is 5.77. The number of carbonyl (C=O) groups is 1. The van der Waals surface area contributed by atoms with Crippen LogP contribution in [0.2, 0.25) is 0 Å². The van der Waals surface area contributed by atoms with E-state index in [2.05, 4.69) is 15.7 Å². The number of carbonyl (C=O) groups excluding carboxylic acids is 1. The fourth-order valence-electron chi connectivity index (χ4n) is 2.32. The summed E-state index contributed by atoms with van der Waals surface area (Å²) < 4.78 is 29.7. The van der Waals surface area contributed by atoms with Gasteiger partial charge in [0.2, 0.25) is 10.0 Å². The fourth-order valence-corrected chi connectivity index (χ4v) is 2.86. The van der Waals surface area contributed by atoms with Gasteiger partial charge in [0.1, 0.15) is 0 Å². The van der Waals surface area contributed by atoms with Crippen molar-refractivity contribution in [3.63, 3.8) is 0 Å². The minimum atomic E-state index is -3.85. The van der Waals surface area contributed by atoms with Crippen LogP contribution in [0, 0.1) is 6.92 Å². The zero-order valence-corrected chi connectivity index (χ0v) is 15.0. The van der Waals surface area contributed by atoms with Crippen LogP contribution in [-0.4, -0.2) is 37.9 Å². The van der Waals surface area contributed by atoms with Gasteiger partial charge in [-0.05, 0) is 30.7 Å². The zero-order chi connectivity index (χ0) is 18.6. The number of amides is 2. The largest absolute Gasteiger partial charge is 0.382 e. The molecule has 0 saturated heterocycles. The van der Waals surface area contributed by atoms with Crippen LogP contribution in [0.5, 0.6) is 0 Å². The lowest BCUT2D eigenvalue weighted by Gasteiger charge is -2.19. The summed E-state index contributed by atoms with van der Waals surface area (Å²) in [4.78, 5) is 12.3. The number of methoxy groups -OCH3 is 1. The van der Waals surface area contributed by atoms with Gasteiger partial charge in [-0.3, -0.25) is 4.68 Å². The number of ether oxygens (including phenoxy) is 1. The maximum Gasteiger partial charge on any atom is 0.319 e. The molecule has 0 aliphatic carbocycles. The highest BCUT2D eigenvalue weighted by Crippen LogP contribution is 2.20. The maximum atomic E-state index is 12.3. The molecule has 4 N–H and O–H groups in total. The molecule has 0 fully saturated rings. The first-order chi connectivity index (χ1) is 11.7. The molecule has 0 unspecified atom stereocenters. The van der Waals surface area contributed by atoms with Crippen LogP contribution in [0.1, 0.15) is 17.3 Å². The van der Waals surface area contributed by atoms with E-state index in [4.69, 9.17) is 9.88 Å². The van der Waals surface area contributed by atoms with Gasteiger partial charge in [0.05, 0.1) is 23.2 Å². The van der Waals surface area contributed by atoms with Crippen molar-refractivity contribution in [1.82, 2.24) is 15.1 Å². The van der Waals surface area contributed by atoms with Crippen molar-refractivity contribution in [2.45, 2.75) is 17.9 Å². The van der Waals surface area contributed by atoms with Gasteiger partial charge in [-0.2, -0.15) is 5.10 Å². The summed E-state index contributed by atoms with van der Waals surface area (Å²) in [6.45, 7) is 2.00. The normalized spacial score (nSPS) is 12.6. The Labute approximate surface area is 146 Å². The van der Waals surface area contributed by atoms with E-state index < -0.39 is 22.1 Å². The molecule has 25 heavy (non-hydrogen) atoms. The predicted octanol–water partition coefficient (Wildman–Crippen LogP) is 0.885. The smallest absolute Gasteiger partial charge is 0.319 e. The van der Waals surface area contributed by atoms with Crippen molar-refractivity contribution in [2.24, 2.45) is 12.2 Å². The Balaban J connectivity index is 2.17. The number of nitrogens with zero attached hydrogens (tertiary/aromatic N) is 2. The molecule has 0 radical (unpaired) electrons. The molecule has 136 valence electrons. The number of rotatable bonds is 6. The van der Waals surface area contributed by atoms with E-state index >= 15 is 0 Å². The van der Waals surface area contributed by atoms with Crippen LogP contribution in [0.4, 0.5) is 10.5 Å². The van der Waals surface area contributed by atoms with Crippen molar-refractivity contribution in [3.05, 3.63) is 41.7 Å². The topological polar surface area (TPSA) is 128 Å². The number of urea groups is 1. The third-order valence-electron chi connectivity index (χ3n) is 3.64. The summed E-state index contributed by atoms with van der Waals surface area (Å²) in [5.41, 5.74) is 1.82. The third-order valence-corrected chi connectivity index (χ3v) is 4.55. The summed E-state index contributed by atoms with van der Waals surface area (Å²) in [6.07, 6.45) is 1.62. The Morgan fingerprint density at radius 1 is 1.40 bits per heavy atom. The monoisotopic (exact) mass is 367 g/mol. The molecule has 9 nitrogen and oxygen atoms in total. The molecule has 0 spiro atoms. The van der Waals surface area contributed by atoms with Gasteiger partial charge in [-0.1, -0.05) is 6.07 Å². The second-order valence-electron chi connectivity index (χ2n) is 5.51. The number of nitrogens with two attached hydrogens (primary N) is 1. The number of anilines is 1. The molecule has 2 rings (SSSR count). The molecule has 1 heterocycles. The van der Waals surface area contributed by atoms with E-state index in [1.54, 1.807) is 37.0 Å². The lowest BCUT2D eigenvalue weighted by molar-refractivity contribution is 0.165. The number of nitrogens with one attached hydrogen (secondary N) is 2. The summed E-state index contributed by atoms with van der Waals surface area (Å²) >= 11 is 0. The lowest BCUT2D eigenvalue weighted by Crippen LogP contribution is -2.36. The average molecular weight is 367 g/mol. The minimum Gasteiger partial charge on any atom is -0.382 e. The van der Waals surface area contributed by atoms with Crippen LogP contribution < -0.4 is 15.8 Å². The second-order valence-corrected chi connectivity index (χ2v) is 7.07. The number of hydrogen-bond donors (Lipinski definition) is 3. The fraction of sp³-hybridized carbons (Fsp3) is 0.333. The van der Waals surface area contributed by atoms with E-state index in [9.17, 15) is 13.2 Å². The Bertz CT molecular complexity index is 863. The summed E-state index contributed by atoms with van der Waals surface area (Å²) in [5, 5.41) is 14.6.